The Labute approximate surface area is 198 Å². The second-order valence-corrected chi connectivity index (χ2v) is 11.2. The second-order valence-electron chi connectivity index (χ2n) is 7.84. The number of thiophene rings is 1. The van der Waals surface area contributed by atoms with Crippen LogP contribution in [0.3, 0.4) is 0 Å². The van der Waals surface area contributed by atoms with Crippen molar-refractivity contribution in [3.8, 4) is 0 Å². The zero-order chi connectivity index (χ0) is 21.5. The number of amides is 1. The molecule has 4 rings (SSSR count). The lowest BCUT2D eigenvalue weighted by Gasteiger charge is -2.21. The Morgan fingerprint density at radius 1 is 1.23 bits per heavy atom. The van der Waals surface area contributed by atoms with Crippen LogP contribution in [0.2, 0.25) is 4.34 Å². The Kier molecular flexibility index (Phi) is 7.50. The van der Waals surface area contributed by atoms with E-state index in [0.717, 1.165) is 28.8 Å². The molecular formula is C21H25Cl2N3O3S2. The van der Waals surface area contributed by atoms with E-state index in [4.69, 9.17) is 11.6 Å². The van der Waals surface area contributed by atoms with Crippen LogP contribution in [-0.2, 0) is 21.2 Å². The first-order valence-electron chi connectivity index (χ1n) is 9.80. The molecule has 10 heteroatoms. The van der Waals surface area contributed by atoms with Gasteiger partial charge in [0.1, 0.15) is 6.04 Å². The van der Waals surface area contributed by atoms with E-state index >= 15 is 0 Å². The molecule has 1 N–H and O–H groups in total. The molecule has 1 aromatic carbocycles. The van der Waals surface area contributed by atoms with Crippen LogP contribution in [0.15, 0.2) is 35.7 Å². The fourth-order valence-electron chi connectivity index (χ4n) is 4.14. The van der Waals surface area contributed by atoms with E-state index in [1.165, 1.54) is 28.5 Å². The first kappa shape index (κ1) is 24.2. The Balaban J connectivity index is 0.00000272. The highest BCUT2D eigenvalue weighted by Crippen LogP contribution is 2.37. The van der Waals surface area contributed by atoms with Crippen molar-refractivity contribution in [1.82, 2.24) is 9.62 Å². The molecule has 1 aromatic heterocycles. The van der Waals surface area contributed by atoms with E-state index in [9.17, 15) is 13.2 Å². The van der Waals surface area contributed by atoms with Gasteiger partial charge < -0.3 is 9.80 Å². The number of aryl methyl sites for hydroxylation is 1. The van der Waals surface area contributed by atoms with Gasteiger partial charge in [-0.2, -0.15) is 4.72 Å². The van der Waals surface area contributed by atoms with Crippen LogP contribution in [0.4, 0.5) is 5.69 Å². The van der Waals surface area contributed by atoms with Gasteiger partial charge in [0.15, 0.2) is 0 Å². The summed E-state index contributed by atoms with van der Waals surface area (Å²) in [6, 6.07) is 9.26. The Bertz CT molecular complexity index is 1100. The molecule has 31 heavy (non-hydrogen) atoms. The van der Waals surface area contributed by atoms with Gasteiger partial charge >= 0.3 is 0 Å². The Morgan fingerprint density at radius 3 is 2.68 bits per heavy atom. The van der Waals surface area contributed by atoms with Crippen molar-refractivity contribution in [2.45, 2.75) is 31.3 Å². The maximum Gasteiger partial charge on any atom is 0.245 e. The normalized spacial score (nSPS) is 21.2. The Morgan fingerprint density at radius 2 is 2.00 bits per heavy atom. The van der Waals surface area contributed by atoms with Gasteiger partial charge in [-0.25, -0.2) is 8.42 Å². The molecule has 0 saturated carbocycles. The third-order valence-corrected chi connectivity index (χ3v) is 7.93. The summed E-state index contributed by atoms with van der Waals surface area (Å²) in [5, 5.41) is 1.09. The number of sulfonamides is 1. The van der Waals surface area contributed by atoms with E-state index in [1.54, 1.807) is 17.0 Å². The molecule has 1 saturated heterocycles. The number of hydrogen-bond acceptors (Lipinski definition) is 5. The molecule has 0 radical (unpaired) electrons. The van der Waals surface area contributed by atoms with Crippen molar-refractivity contribution < 1.29 is 13.2 Å². The van der Waals surface area contributed by atoms with Gasteiger partial charge in [0.2, 0.25) is 15.9 Å². The fourth-order valence-corrected chi connectivity index (χ4v) is 6.21. The molecule has 2 aliphatic rings. The van der Waals surface area contributed by atoms with Gasteiger partial charge in [0.25, 0.3) is 0 Å². The summed E-state index contributed by atoms with van der Waals surface area (Å²) >= 11 is 7.16. The SMILES string of the molecule is CN(C)C1CCc2cc(N3CCC(NS(=O)(=O)/C=C/c4ccc(Cl)s4)C3=O)ccc21.Cl. The summed E-state index contributed by atoms with van der Waals surface area (Å²) in [5.74, 6) is -0.215. The number of hydrogen-bond donors (Lipinski definition) is 1. The molecule has 0 bridgehead atoms. The summed E-state index contributed by atoms with van der Waals surface area (Å²) in [6.45, 7) is 0.492. The van der Waals surface area contributed by atoms with Crippen molar-refractivity contribution in [2.75, 3.05) is 25.5 Å². The number of anilines is 1. The fraction of sp³-hybridized carbons (Fsp3) is 0.381. The molecular weight excluding hydrogens is 477 g/mol. The number of nitrogens with one attached hydrogen (secondary N) is 1. The average molecular weight is 502 g/mol. The number of nitrogens with zero attached hydrogens (tertiary/aromatic N) is 2. The molecule has 1 amide bonds. The van der Waals surface area contributed by atoms with Crippen LogP contribution in [0.5, 0.6) is 0 Å². The number of halogens is 2. The summed E-state index contributed by atoms with van der Waals surface area (Å²) in [5.41, 5.74) is 3.41. The Hall–Kier alpha value is -1.42. The first-order valence-corrected chi connectivity index (χ1v) is 12.5. The minimum atomic E-state index is -3.74. The lowest BCUT2D eigenvalue weighted by atomic mass is 10.1. The van der Waals surface area contributed by atoms with E-state index in [2.05, 4.69) is 35.9 Å². The van der Waals surface area contributed by atoms with Crippen molar-refractivity contribution in [1.29, 1.82) is 0 Å². The number of rotatable bonds is 6. The molecule has 1 fully saturated rings. The summed E-state index contributed by atoms with van der Waals surface area (Å²) < 4.78 is 27.9. The van der Waals surface area contributed by atoms with E-state index < -0.39 is 16.1 Å². The van der Waals surface area contributed by atoms with Crippen molar-refractivity contribution in [3.05, 3.63) is 56.1 Å². The lowest BCUT2D eigenvalue weighted by molar-refractivity contribution is -0.118. The number of fused-ring (bicyclic) bond motifs is 1. The van der Waals surface area contributed by atoms with Crippen molar-refractivity contribution in [2.24, 2.45) is 0 Å². The topological polar surface area (TPSA) is 69.7 Å². The quantitative estimate of drug-likeness (QED) is 0.647. The lowest BCUT2D eigenvalue weighted by Crippen LogP contribution is -2.40. The van der Waals surface area contributed by atoms with Crippen molar-refractivity contribution >= 4 is 63.0 Å². The molecule has 1 aliphatic heterocycles. The van der Waals surface area contributed by atoms with Gasteiger partial charge in [0.05, 0.1) is 4.34 Å². The van der Waals surface area contributed by atoms with E-state index in [-0.39, 0.29) is 18.3 Å². The summed E-state index contributed by atoms with van der Waals surface area (Å²) in [4.78, 5) is 17.5. The second kappa shape index (κ2) is 9.60. The van der Waals surface area contributed by atoms with Crippen LogP contribution in [0.25, 0.3) is 6.08 Å². The highest BCUT2D eigenvalue weighted by atomic mass is 35.5. The molecule has 6 nitrogen and oxygen atoms in total. The minimum Gasteiger partial charge on any atom is -0.311 e. The van der Waals surface area contributed by atoms with Crippen LogP contribution in [0.1, 0.15) is 34.9 Å². The first-order chi connectivity index (χ1) is 14.2. The molecule has 2 atom stereocenters. The molecule has 1 aliphatic carbocycles. The standard InChI is InChI=1S/C21H24ClN3O3S2.ClH/c1-24(2)19-7-3-14-13-15(4-6-17(14)19)25-11-9-18(21(25)26)23-30(27,28)12-10-16-5-8-20(22)29-16;/h4-6,8,10,12-13,18-19,23H,3,7,9,11H2,1-2H3;1H/b12-10+;. The highest BCUT2D eigenvalue weighted by molar-refractivity contribution is 7.92. The third kappa shape index (κ3) is 5.32. The maximum absolute atomic E-state index is 12.9. The predicted molar refractivity (Wildman–Crippen MR) is 130 cm³/mol. The molecule has 168 valence electrons. The maximum atomic E-state index is 12.9. The highest BCUT2D eigenvalue weighted by Gasteiger charge is 2.35. The minimum absolute atomic E-state index is 0. The van der Waals surface area contributed by atoms with E-state index in [1.807, 2.05) is 6.07 Å². The molecule has 0 spiro atoms. The zero-order valence-corrected chi connectivity index (χ0v) is 20.5. The largest absolute Gasteiger partial charge is 0.311 e. The van der Waals surface area contributed by atoms with Gasteiger partial charge in [0, 0.05) is 28.6 Å². The van der Waals surface area contributed by atoms with Crippen LogP contribution in [0, 0.1) is 0 Å². The van der Waals surface area contributed by atoms with Gasteiger partial charge in [-0.1, -0.05) is 17.7 Å². The summed E-state index contributed by atoms with van der Waals surface area (Å²) in [6.07, 6.45) is 3.98. The summed E-state index contributed by atoms with van der Waals surface area (Å²) in [7, 11) is 0.420. The molecule has 2 heterocycles. The number of benzene rings is 1. The van der Waals surface area contributed by atoms with Gasteiger partial charge in [-0.3, -0.25) is 4.79 Å². The average Bonchev–Trinajstić information content (AvgIpc) is 3.39. The smallest absolute Gasteiger partial charge is 0.245 e. The predicted octanol–water partition coefficient (Wildman–Crippen LogP) is 4.07. The van der Waals surface area contributed by atoms with Gasteiger partial charge in [-0.15, -0.1) is 23.7 Å². The van der Waals surface area contributed by atoms with Crippen molar-refractivity contribution in [3.63, 3.8) is 0 Å². The van der Waals surface area contributed by atoms with Crippen LogP contribution in [-0.4, -0.2) is 45.9 Å². The third-order valence-electron chi connectivity index (χ3n) is 5.63. The monoisotopic (exact) mass is 501 g/mol. The number of carbonyl (C=O) groups excluding carboxylic acids is 1. The zero-order valence-electron chi connectivity index (χ0n) is 17.2. The number of carbonyl (C=O) groups is 1. The van der Waals surface area contributed by atoms with Crippen LogP contribution >= 0.6 is 35.3 Å². The molecule has 2 aromatic rings. The van der Waals surface area contributed by atoms with E-state index in [0.29, 0.717) is 23.3 Å². The van der Waals surface area contributed by atoms with Crippen LogP contribution < -0.4 is 9.62 Å². The molecule has 2 unspecified atom stereocenters. The van der Waals surface area contributed by atoms with Gasteiger partial charge in [-0.05, 0) is 74.8 Å².